The van der Waals surface area contributed by atoms with E-state index in [0.29, 0.717) is 41.3 Å². The lowest BCUT2D eigenvalue weighted by atomic mass is 9.93. The number of benzene rings is 2. The summed E-state index contributed by atoms with van der Waals surface area (Å²) in [5, 5.41) is 3.29. The van der Waals surface area contributed by atoms with Crippen molar-refractivity contribution in [2.24, 2.45) is 5.92 Å². The molecule has 0 aromatic heterocycles. The van der Waals surface area contributed by atoms with Crippen LogP contribution >= 0.6 is 0 Å². The third-order valence-electron chi connectivity index (χ3n) is 6.05. The molecule has 1 atom stereocenters. The number of ketones is 1. The van der Waals surface area contributed by atoms with E-state index in [4.69, 9.17) is 9.47 Å². The Morgan fingerprint density at radius 1 is 1.06 bits per heavy atom. The van der Waals surface area contributed by atoms with E-state index in [-0.39, 0.29) is 18.5 Å². The predicted octanol–water partition coefficient (Wildman–Crippen LogP) is 3.18. The normalized spacial score (nSPS) is 18.6. The lowest BCUT2D eigenvalue weighted by molar-refractivity contribution is -0.118. The summed E-state index contributed by atoms with van der Waals surface area (Å²) >= 11 is 0. The van der Waals surface area contributed by atoms with Gasteiger partial charge in [-0.2, -0.15) is 0 Å². The Labute approximate surface area is 186 Å². The lowest BCUT2D eigenvalue weighted by Gasteiger charge is -2.27. The van der Waals surface area contributed by atoms with Gasteiger partial charge in [-0.3, -0.25) is 19.3 Å². The smallest absolute Gasteiger partial charge is 0.262 e. The number of carbonyl (C=O) groups is 3. The number of hydrogen-bond donors (Lipinski definition) is 1. The van der Waals surface area contributed by atoms with Gasteiger partial charge < -0.3 is 14.8 Å². The van der Waals surface area contributed by atoms with Crippen molar-refractivity contribution in [3.63, 3.8) is 0 Å². The summed E-state index contributed by atoms with van der Waals surface area (Å²) < 4.78 is 11.0. The van der Waals surface area contributed by atoms with Crippen LogP contribution < -0.4 is 14.8 Å². The van der Waals surface area contributed by atoms with Crippen LogP contribution in [0.3, 0.4) is 0 Å². The number of amides is 2. The van der Waals surface area contributed by atoms with Crippen molar-refractivity contribution in [1.82, 2.24) is 10.2 Å². The van der Waals surface area contributed by atoms with Crippen molar-refractivity contribution in [1.29, 1.82) is 0 Å². The molecule has 32 heavy (non-hydrogen) atoms. The molecule has 3 aliphatic rings. The molecule has 0 unspecified atom stereocenters. The average molecular weight is 432 g/mol. The minimum absolute atomic E-state index is 0.118. The van der Waals surface area contributed by atoms with Gasteiger partial charge in [-0.25, -0.2) is 0 Å². The van der Waals surface area contributed by atoms with Gasteiger partial charge in [0, 0.05) is 23.9 Å². The molecule has 2 aromatic rings. The molecule has 1 N–H and O–H groups in total. The summed E-state index contributed by atoms with van der Waals surface area (Å²) in [6, 6.07) is 9.67. The number of rotatable bonds is 5. The van der Waals surface area contributed by atoms with Gasteiger partial charge in [0.2, 0.25) is 6.79 Å². The number of fused-ring (bicyclic) bond motifs is 3. The molecule has 0 radical (unpaired) electrons. The SMILES string of the molecule is CC(C)C[C@H](C(=O)C=C1NCCc2cc3c(cc21)OCO3)N1C(=O)c2ccccc2C1=O. The van der Waals surface area contributed by atoms with Gasteiger partial charge in [0.15, 0.2) is 17.3 Å². The first-order valence-electron chi connectivity index (χ1n) is 10.8. The maximum atomic E-state index is 13.5. The van der Waals surface area contributed by atoms with E-state index in [1.165, 1.54) is 6.08 Å². The zero-order valence-corrected chi connectivity index (χ0v) is 18.0. The number of imide groups is 1. The summed E-state index contributed by atoms with van der Waals surface area (Å²) in [7, 11) is 0. The van der Waals surface area contributed by atoms with Crippen LogP contribution in [0.5, 0.6) is 11.5 Å². The zero-order chi connectivity index (χ0) is 22.4. The van der Waals surface area contributed by atoms with Gasteiger partial charge in [-0.15, -0.1) is 0 Å². The second kappa shape index (κ2) is 7.82. The maximum absolute atomic E-state index is 13.5. The standard InChI is InChI=1S/C25H24N2O5/c1-14(2)9-20(27-24(29)16-5-3-4-6-17(16)25(27)30)21(28)12-19-18-11-23-22(31-13-32-23)10-15(18)7-8-26-19/h3-6,10-12,14,20,26H,7-9,13H2,1-2H3/t20-/m1/s1. The molecular weight excluding hydrogens is 408 g/mol. The van der Waals surface area contributed by atoms with Crippen molar-refractivity contribution in [2.75, 3.05) is 13.3 Å². The number of nitrogens with one attached hydrogen (secondary N) is 1. The molecule has 164 valence electrons. The van der Waals surface area contributed by atoms with Gasteiger partial charge in [-0.05, 0) is 48.6 Å². The minimum Gasteiger partial charge on any atom is -0.454 e. The van der Waals surface area contributed by atoms with E-state index in [1.54, 1.807) is 24.3 Å². The van der Waals surface area contributed by atoms with Crippen LogP contribution in [-0.2, 0) is 11.2 Å². The molecular formula is C25H24N2O5. The van der Waals surface area contributed by atoms with Crippen molar-refractivity contribution in [2.45, 2.75) is 32.7 Å². The molecule has 0 fully saturated rings. The average Bonchev–Trinajstić information content (AvgIpc) is 3.33. The fourth-order valence-electron chi connectivity index (χ4n) is 4.52. The number of hydrogen-bond acceptors (Lipinski definition) is 6. The molecule has 7 heteroatoms. The van der Waals surface area contributed by atoms with Crippen LogP contribution in [0.4, 0.5) is 0 Å². The Morgan fingerprint density at radius 3 is 2.38 bits per heavy atom. The van der Waals surface area contributed by atoms with Crippen LogP contribution in [-0.4, -0.2) is 41.9 Å². The van der Waals surface area contributed by atoms with E-state index in [2.05, 4.69) is 5.32 Å². The van der Waals surface area contributed by atoms with Crippen molar-refractivity contribution in [3.05, 3.63) is 64.7 Å². The van der Waals surface area contributed by atoms with Crippen LogP contribution in [0.1, 0.15) is 52.1 Å². The Kier molecular flexibility index (Phi) is 4.96. The summed E-state index contributed by atoms with van der Waals surface area (Å²) in [4.78, 5) is 40.7. The first kappa shape index (κ1) is 20.3. The zero-order valence-electron chi connectivity index (χ0n) is 18.0. The van der Waals surface area contributed by atoms with Crippen molar-refractivity contribution >= 4 is 23.3 Å². The minimum atomic E-state index is -0.865. The van der Waals surface area contributed by atoms with Gasteiger partial charge in [0.1, 0.15) is 6.04 Å². The molecule has 0 saturated heterocycles. The Morgan fingerprint density at radius 2 is 1.72 bits per heavy atom. The summed E-state index contributed by atoms with van der Waals surface area (Å²) in [5.41, 5.74) is 3.30. The van der Waals surface area contributed by atoms with Crippen molar-refractivity contribution < 1.29 is 23.9 Å². The molecule has 3 heterocycles. The highest BCUT2D eigenvalue weighted by atomic mass is 16.7. The van der Waals surface area contributed by atoms with Gasteiger partial charge in [0.25, 0.3) is 11.8 Å². The third-order valence-corrected chi connectivity index (χ3v) is 6.05. The predicted molar refractivity (Wildman–Crippen MR) is 117 cm³/mol. The summed E-state index contributed by atoms with van der Waals surface area (Å²) in [6.07, 6.45) is 2.71. The second-order valence-electron chi connectivity index (χ2n) is 8.67. The molecule has 3 aliphatic heterocycles. The van der Waals surface area contributed by atoms with Crippen LogP contribution in [0.15, 0.2) is 42.5 Å². The molecule has 0 bridgehead atoms. The molecule has 0 saturated carbocycles. The summed E-state index contributed by atoms with van der Waals surface area (Å²) in [6.45, 7) is 4.80. The van der Waals surface area contributed by atoms with Crippen molar-refractivity contribution in [3.8, 4) is 11.5 Å². The van der Waals surface area contributed by atoms with E-state index >= 15 is 0 Å². The van der Waals surface area contributed by atoms with E-state index in [0.717, 1.165) is 22.4 Å². The van der Waals surface area contributed by atoms with Crippen LogP contribution in [0.25, 0.3) is 5.70 Å². The number of carbonyl (C=O) groups excluding carboxylic acids is 3. The van der Waals surface area contributed by atoms with Gasteiger partial charge in [-0.1, -0.05) is 26.0 Å². The monoisotopic (exact) mass is 432 g/mol. The largest absolute Gasteiger partial charge is 0.454 e. The molecule has 2 amide bonds. The molecule has 0 aliphatic carbocycles. The molecule has 0 spiro atoms. The Hall–Kier alpha value is -3.61. The van der Waals surface area contributed by atoms with Gasteiger partial charge >= 0.3 is 0 Å². The van der Waals surface area contributed by atoms with E-state index in [1.807, 2.05) is 26.0 Å². The fourth-order valence-corrected chi connectivity index (χ4v) is 4.52. The van der Waals surface area contributed by atoms with Gasteiger partial charge in [0.05, 0.1) is 11.1 Å². The highest BCUT2D eigenvalue weighted by molar-refractivity contribution is 6.23. The van der Waals surface area contributed by atoms with Crippen LogP contribution in [0, 0.1) is 5.92 Å². The van der Waals surface area contributed by atoms with Crippen LogP contribution in [0.2, 0.25) is 0 Å². The Bertz CT molecular complexity index is 1130. The fraction of sp³-hybridized carbons (Fsp3) is 0.320. The molecule has 5 rings (SSSR count). The highest BCUT2D eigenvalue weighted by Crippen LogP contribution is 2.38. The second-order valence-corrected chi connectivity index (χ2v) is 8.67. The summed E-state index contributed by atoms with van der Waals surface area (Å²) in [5.74, 6) is 0.366. The third kappa shape index (κ3) is 3.34. The molecule has 2 aromatic carbocycles. The quantitative estimate of drug-likeness (QED) is 0.577. The van der Waals surface area contributed by atoms with E-state index in [9.17, 15) is 14.4 Å². The first-order chi connectivity index (χ1) is 15.4. The van der Waals surface area contributed by atoms with E-state index < -0.39 is 17.9 Å². The Balaban J connectivity index is 1.50. The number of ether oxygens (including phenoxy) is 2. The lowest BCUT2D eigenvalue weighted by Crippen LogP contribution is -2.45. The maximum Gasteiger partial charge on any atom is 0.262 e. The highest BCUT2D eigenvalue weighted by Gasteiger charge is 2.42. The first-order valence-corrected chi connectivity index (χ1v) is 10.8. The topological polar surface area (TPSA) is 84.9 Å². The number of nitrogens with zero attached hydrogens (tertiary/aromatic N) is 1. The molecule has 7 nitrogen and oxygen atoms in total.